The molecule has 0 aliphatic rings. The van der Waals surface area contributed by atoms with Crippen LogP contribution in [0, 0.1) is 0 Å². The van der Waals surface area contributed by atoms with E-state index in [0.29, 0.717) is 26.1 Å². The molecule has 0 aliphatic carbocycles. The molecule has 0 spiro atoms. The molecule has 6 nitrogen and oxygen atoms in total. The van der Waals surface area contributed by atoms with Gasteiger partial charge >= 0.3 is 11.9 Å². The van der Waals surface area contributed by atoms with Crippen molar-refractivity contribution in [1.82, 2.24) is 0 Å². The van der Waals surface area contributed by atoms with E-state index in [1.165, 1.54) is 57.8 Å². The molecule has 0 unspecified atom stereocenters. The topological polar surface area (TPSA) is 78.9 Å². The minimum Gasteiger partial charge on any atom is -0.465 e. The first-order valence-corrected chi connectivity index (χ1v) is 18.9. The van der Waals surface area contributed by atoms with Gasteiger partial charge in [-0.2, -0.15) is 0 Å². The maximum atomic E-state index is 12.1. The van der Waals surface area contributed by atoms with Crippen molar-refractivity contribution in [3.8, 4) is 0 Å². The van der Waals surface area contributed by atoms with E-state index in [0.717, 1.165) is 38.5 Å². The Kier molecular flexibility index (Phi) is 22.3. The van der Waals surface area contributed by atoms with E-state index in [-0.39, 0.29) is 35.3 Å². The van der Waals surface area contributed by atoms with Crippen LogP contribution in [0.3, 0.4) is 0 Å². The van der Waals surface area contributed by atoms with E-state index in [1.54, 1.807) is 6.08 Å². The maximum Gasteiger partial charge on any atom is 0.313 e. The summed E-state index contributed by atoms with van der Waals surface area (Å²) in [6, 6.07) is 0. The van der Waals surface area contributed by atoms with Gasteiger partial charge in [0.05, 0.1) is 6.61 Å². The fourth-order valence-corrected chi connectivity index (χ4v) is 5.83. The molecule has 234 valence electrons. The fraction of sp³-hybridized carbons (Fsp3) is 0.848. The third kappa shape index (κ3) is 22.2. The van der Waals surface area contributed by atoms with Crippen molar-refractivity contribution in [3.63, 3.8) is 0 Å². The van der Waals surface area contributed by atoms with Gasteiger partial charge in [0.25, 0.3) is 0 Å². The van der Waals surface area contributed by atoms with Gasteiger partial charge < -0.3 is 13.9 Å². The van der Waals surface area contributed by atoms with Gasteiger partial charge in [-0.25, -0.2) is 0 Å². The van der Waals surface area contributed by atoms with Crippen molar-refractivity contribution in [2.75, 3.05) is 13.2 Å². The molecule has 1 atom stereocenters. The Balaban J connectivity index is 3.52. The van der Waals surface area contributed by atoms with Gasteiger partial charge in [0, 0.05) is 18.9 Å². The summed E-state index contributed by atoms with van der Waals surface area (Å²) in [5.41, 5.74) is 0. The standard InChI is InChI=1S/C33H62O6Si/c1-8-26-37-31(35)25-20-18-16-14-12-10-9-11-13-15-17-19-21-27-38-32(36)28-30(34)24-22-23-29(2)39-40(6,7)33(3,4)5/h8,29H,1,9-28H2,2-7H3/t29-/m1/s1. The van der Waals surface area contributed by atoms with E-state index < -0.39 is 8.32 Å². The molecule has 7 heteroatoms. The van der Waals surface area contributed by atoms with Crippen LogP contribution in [0.2, 0.25) is 18.1 Å². The Morgan fingerprint density at radius 2 is 1.23 bits per heavy atom. The quantitative estimate of drug-likeness (QED) is 0.0332. The first kappa shape index (κ1) is 38.5. The number of hydrogen-bond acceptors (Lipinski definition) is 6. The zero-order valence-corrected chi connectivity index (χ0v) is 28.0. The molecule has 0 bridgehead atoms. The molecule has 0 N–H and O–H groups in total. The number of carbonyl (C=O) groups is 3. The lowest BCUT2D eigenvalue weighted by molar-refractivity contribution is -0.146. The predicted molar refractivity (Wildman–Crippen MR) is 168 cm³/mol. The van der Waals surface area contributed by atoms with Crippen LogP contribution in [0.4, 0.5) is 0 Å². The SMILES string of the molecule is C=CCOC(=O)CCCCCCCCCCCCCCCOC(=O)CC(=O)CCC[C@@H](C)O[Si](C)(C)C(C)(C)C. The highest BCUT2D eigenvalue weighted by Crippen LogP contribution is 2.37. The Morgan fingerprint density at radius 1 is 0.725 bits per heavy atom. The van der Waals surface area contributed by atoms with Gasteiger partial charge in [-0.3, -0.25) is 14.4 Å². The van der Waals surface area contributed by atoms with Crippen molar-refractivity contribution < 1.29 is 28.3 Å². The van der Waals surface area contributed by atoms with E-state index >= 15 is 0 Å². The van der Waals surface area contributed by atoms with Crippen LogP contribution in [-0.2, 0) is 28.3 Å². The summed E-state index contributed by atoms with van der Waals surface area (Å²) < 4.78 is 16.6. The number of rotatable bonds is 26. The van der Waals surface area contributed by atoms with Crippen LogP contribution in [0.1, 0.15) is 143 Å². The minimum atomic E-state index is -1.79. The van der Waals surface area contributed by atoms with Gasteiger partial charge in [-0.05, 0) is 50.7 Å². The van der Waals surface area contributed by atoms with Crippen LogP contribution >= 0.6 is 0 Å². The van der Waals surface area contributed by atoms with Crippen LogP contribution < -0.4 is 0 Å². The van der Waals surface area contributed by atoms with E-state index in [2.05, 4.69) is 47.4 Å². The first-order chi connectivity index (χ1) is 18.9. The number of esters is 2. The van der Waals surface area contributed by atoms with Crippen molar-refractivity contribution in [3.05, 3.63) is 12.7 Å². The lowest BCUT2D eigenvalue weighted by atomic mass is 10.0. The summed E-state index contributed by atoms with van der Waals surface area (Å²) >= 11 is 0. The van der Waals surface area contributed by atoms with E-state index in [9.17, 15) is 14.4 Å². The average Bonchev–Trinajstić information content (AvgIpc) is 2.86. The number of ether oxygens (including phenoxy) is 2. The molecule has 0 saturated carbocycles. The highest BCUT2D eigenvalue weighted by Gasteiger charge is 2.38. The van der Waals surface area contributed by atoms with Crippen LogP contribution in [0.5, 0.6) is 0 Å². The summed E-state index contributed by atoms with van der Waals surface area (Å²) in [6.07, 6.45) is 19.3. The summed E-state index contributed by atoms with van der Waals surface area (Å²) in [5.74, 6) is -0.542. The minimum absolute atomic E-state index is 0.0361. The molecule has 0 aromatic carbocycles. The Morgan fingerprint density at radius 3 is 1.73 bits per heavy atom. The molecule has 0 aliphatic heterocycles. The molecular weight excluding hydrogens is 520 g/mol. The van der Waals surface area contributed by atoms with Crippen LogP contribution in [0.25, 0.3) is 0 Å². The summed E-state index contributed by atoms with van der Waals surface area (Å²) in [4.78, 5) is 35.5. The Bertz CT molecular complexity index is 698. The zero-order chi connectivity index (χ0) is 30.3. The monoisotopic (exact) mass is 582 g/mol. The number of Topliss-reactive ketones (excluding diaryl/α,β-unsaturated/α-hetero) is 1. The molecule has 0 saturated heterocycles. The van der Waals surface area contributed by atoms with Crippen molar-refractivity contribution >= 4 is 26.0 Å². The lowest BCUT2D eigenvalue weighted by Crippen LogP contribution is -2.43. The number of carbonyl (C=O) groups excluding carboxylic acids is 3. The van der Waals surface area contributed by atoms with Gasteiger partial charge in [0.15, 0.2) is 8.32 Å². The first-order valence-electron chi connectivity index (χ1n) is 16.0. The number of hydrogen-bond donors (Lipinski definition) is 0. The lowest BCUT2D eigenvalue weighted by Gasteiger charge is -2.38. The highest BCUT2D eigenvalue weighted by molar-refractivity contribution is 6.74. The predicted octanol–water partition coefficient (Wildman–Crippen LogP) is 9.26. The number of unbranched alkanes of at least 4 members (excludes halogenated alkanes) is 12. The fourth-order valence-electron chi connectivity index (χ4n) is 4.35. The second kappa shape index (κ2) is 23.1. The Hall–Kier alpha value is -1.47. The summed E-state index contributed by atoms with van der Waals surface area (Å²) in [6.45, 7) is 17.5. The highest BCUT2D eigenvalue weighted by atomic mass is 28.4. The van der Waals surface area contributed by atoms with E-state index in [1.807, 2.05) is 0 Å². The van der Waals surface area contributed by atoms with Crippen LogP contribution in [0.15, 0.2) is 12.7 Å². The maximum absolute atomic E-state index is 12.1. The molecule has 0 fully saturated rings. The second-order valence-corrected chi connectivity index (χ2v) is 17.6. The molecule has 0 rings (SSSR count). The zero-order valence-electron chi connectivity index (χ0n) is 27.0. The average molecular weight is 583 g/mol. The van der Waals surface area contributed by atoms with Crippen molar-refractivity contribution in [1.29, 1.82) is 0 Å². The van der Waals surface area contributed by atoms with Gasteiger partial charge in [-0.15, -0.1) is 0 Å². The molecule has 0 aromatic heterocycles. The molecule has 0 amide bonds. The van der Waals surface area contributed by atoms with E-state index in [4.69, 9.17) is 13.9 Å². The number of ketones is 1. The van der Waals surface area contributed by atoms with Crippen molar-refractivity contribution in [2.24, 2.45) is 0 Å². The van der Waals surface area contributed by atoms with Gasteiger partial charge in [0.1, 0.15) is 18.8 Å². The normalized spacial score (nSPS) is 12.7. The smallest absolute Gasteiger partial charge is 0.313 e. The molecule has 0 radical (unpaired) electrons. The molecular formula is C33H62O6Si. The van der Waals surface area contributed by atoms with Crippen LogP contribution in [-0.4, -0.2) is 45.4 Å². The third-order valence-electron chi connectivity index (χ3n) is 7.86. The Labute approximate surface area is 247 Å². The van der Waals surface area contributed by atoms with Gasteiger partial charge in [-0.1, -0.05) is 104 Å². The second-order valence-electron chi connectivity index (χ2n) is 12.8. The summed E-state index contributed by atoms with van der Waals surface area (Å²) in [7, 11) is -1.79. The summed E-state index contributed by atoms with van der Waals surface area (Å²) in [5, 5.41) is 0.176. The molecule has 0 heterocycles. The van der Waals surface area contributed by atoms with Crippen molar-refractivity contribution in [2.45, 2.75) is 168 Å². The van der Waals surface area contributed by atoms with Gasteiger partial charge in [0.2, 0.25) is 0 Å². The third-order valence-corrected chi connectivity index (χ3v) is 12.5. The molecule has 40 heavy (non-hydrogen) atoms. The molecule has 0 aromatic rings. The largest absolute Gasteiger partial charge is 0.465 e.